The van der Waals surface area contributed by atoms with Crippen LogP contribution in [0.3, 0.4) is 0 Å². The van der Waals surface area contributed by atoms with Gasteiger partial charge in [-0.05, 0) is 43.7 Å². The highest BCUT2D eigenvalue weighted by molar-refractivity contribution is 7.89. The standard InChI is InChI=1S/C20H23N3O3S/c1-5-27(24,25)22-14-7-6-10-20(2,12-14)19-17(13-21)16-11-15(26-4)8-9-18(16)23(19)3/h6-9,11-12,22H,5,10H2,1-4H3. The van der Waals surface area contributed by atoms with Gasteiger partial charge >= 0.3 is 0 Å². The van der Waals surface area contributed by atoms with Crippen LogP contribution < -0.4 is 9.46 Å². The lowest BCUT2D eigenvalue weighted by Crippen LogP contribution is -2.30. The fraction of sp³-hybridized carbons (Fsp3) is 0.350. The summed E-state index contributed by atoms with van der Waals surface area (Å²) in [5.74, 6) is 0.698. The molecule has 0 fully saturated rings. The summed E-state index contributed by atoms with van der Waals surface area (Å²) in [5, 5.41) is 10.7. The first kappa shape index (κ1) is 19.1. The van der Waals surface area contributed by atoms with E-state index in [1.54, 1.807) is 20.1 Å². The molecule has 0 amide bonds. The number of nitrogens with one attached hydrogen (secondary N) is 1. The highest BCUT2D eigenvalue weighted by atomic mass is 32.2. The molecule has 1 heterocycles. The Kier molecular flexibility index (Phi) is 4.79. The average Bonchev–Trinajstić information content (AvgIpc) is 2.93. The van der Waals surface area contributed by atoms with Crippen LogP contribution in [-0.2, 0) is 22.5 Å². The summed E-state index contributed by atoms with van der Waals surface area (Å²) < 4.78 is 33.8. The molecule has 1 aromatic carbocycles. The van der Waals surface area contributed by atoms with Crippen molar-refractivity contribution >= 4 is 20.9 Å². The van der Waals surface area contributed by atoms with Gasteiger partial charge in [-0.3, -0.25) is 4.72 Å². The first-order chi connectivity index (χ1) is 12.7. The number of benzene rings is 1. The average molecular weight is 385 g/mol. The van der Waals surface area contributed by atoms with Crippen LogP contribution in [0.4, 0.5) is 0 Å². The number of nitrogens with zero attached hydrogens (tertiary/aromatic N) is 2. The summed E-state index contributed by atoms with van der Waals surface area (Å²) in [6, 6.07) is 8.01. The van der Waals surface area contributed by atoms with Gasteiger partial charge in [0.2, 0.25) is 10.0 Å². The SMILES string of the molecule is CCS(=O)(=O)NC1=CC(C)(c2c(C#N)c3cc(OC)ccc3n2C)CC=C1. The minimum absolute atomic E-state index is 0.00613. The third-order valence-electron chi connectivity index (χ3n) is 5.03. The third-order valence-corrected chi connectivity index (χ3v) is 6.33. The number of aromatic nitrogens is 1. The van der Waals surface area contributed by atoms with E-state index < -0.39 is 15.4 Å². The molecule has 27 heavy (non-hydrogen) atoms. The van der Waals surface area contributed by atoms with Crippen LogP contribution in [0.1, 0.15) is 31.5 Å². The number of aryl methyl sites for hydroxylation is 1. The maximum Gasteiger partial charge on any atom is 0.232 e. The number of sulfonamides is 1. The zero-order valence-corrected chi connectivity index (χ0v) is 16.7. The van der Waals surface area contributed by atoms with E-state index in [9.17, 15) is 13.7 Å². The van der Waals surface area contributed by atoms with Crippen molar-refractivity contribution in [3.63, 3.8) is 0 Å². The predicted molar refractivity (Wildman–Crippen MR) is 106 cm³/mol. The van der Waals surface area contributed by atoms with Gasteiger partial charge < -0.3 is 9.30 Å². The largest absolute Gasteiger partial charge is 0.497 e. The molecule has 0 spiro atoms. The Hall–Kier alpha value is -2.72. The molecule has 1 atom stereocenters. The summed E-state index contributed by atoms with van der Waals surface area (Å²) in [7, 11) is 0.156. The second-order valence-corrected chi connectivity index (χ2v) is 8.92. The molecule has 6 nitrogen and oxygen atoms in total. The van der Waals surface area contributed by atoms with Gasteiger partial charge in [0.05, 0.1) is 18.4 Å². The van der Waals surface area contributed by atoms with Gasteiger partial charge in [-0.1, -0.05) is 13.0 Å². The highest BCUT2D eigenvalue weighted by Gasteiger charge is 2.33. The smallest absolute Gasteiger partial charge is 0.232 e. The Balaban J connectivity index is 2.19. The fourth-order valence-corrected chi connectivity index (χ4v) is 4.32. The van der Waals surface area contributed by atoms with Gasteiger partial charge in [-0.15, -0.1) is 0 Å². The van der Waals surface area contributed by atoms with E-state index in [4.69, 9.17) is 4.74 Å². The maximum absolute atomic E-state index is 12.0. The molecule has 1 aliphatic rings. The number of nitriles is 1. The molecular weight excluding hydrogens is 362 g/mol. The van der Waals surface area contributed by atoms with Gasteiger partial charge in [-0.2, -0.15) is 5.26 Å². The van der Waals surface area contributed by atoms with Gasteiger partial charge in [0.1, 0.15) is 11.8 Å². The second-order valence-electron chi connectivity index (χ2n) is 6.91. The molecule has 1 aliphatic carbocycles. The number of methoxy groups -OCH3 is 1. The minimum Gasteiger partial charge on any atom is -0.497 e. The van der Waals surface area contributed by atoms with Gasteiger partial charge in [0.25, 0.3) is 0 Å². The monoisotopic (exact) mass is 385 g/mol. The molecule has 0 saturated carbocycles. The number of rotatable bonds is 5. The van der Waals surface area contributed by atoms with E-state index in [0.29, 0.717) is 23.4 Å². The van der Waals surface area contributed by atoms with E-state index >= 15 is 0 Å². The first-order valence-corrected chi connectivity index (χ1v) is 10.4. The first-order valence-electron chi connectivity index (χ1n) is 8.71. The predicted octanol–water partition coefficient (Wildman–Crippen LogP) is 3.10. The van der Waals surface area contributed by atoms with Crippen LogP contribution in [0.25, 0.3) is 10.9 Å². The summed E-state index contributed by atoms with van der Waals surface area (Å²) in [6.45, 7) is 3.61. The van der Waals surface area contributed by atoms with Crippen LogP contribution in [0.5, 0.6) is 5.75 Å². The Morgan fingerprint density at radius 3 is 2.78 bits per heavy atom. The lowest BCUT2D eigenvalue weighted by molar-refractivity contribution is 0.415. The van der Waals surface area contributed by atoms with Crippen molar-refractivity contribution in [1.29, 1.82) is 5.26 Å². The van der Waals surface area contributed by atoms with Crippen molar-refractivity contribution in [3.05, 3.63) is 53.4 Å². The quantitative estimate of drug-likeness (QED) is 0.857. The minimum atomic E-state index is -3.37. The number of fused-ring (bicyclic) bond motifs is 1. The Morgan fingerprint density at radius 2 is 2.15 bits per heavy atom. The number of allylic oxidation sites excluding steroid dienone is 3. The summed E-state index contributed by atoms with van der Waals surface area (Å²) in [6.07, 6.45) is 6.27. The van der Waals surface area contributed by atoms with Crippen molar-refractivity contribution in [1.82, 2.24) is 9.29 Å². The molecule has 3 rings (SSSR count). The molecule has 1 aromatic heterocycles. The van der Waals surface area contributed by atoms with Crippen molar-refractivity contribution in [2.24, 2.45) is 7.05 Å². The molecule has 0 aliphatic heterocycles. The maximum atomic E-state index is 12.0. The highest BCUT2D eigenvalue weighted by Crippen LogP contribution is 2.40. The van der Waals surface area contributed by atoms with E-state index in [-0.39, 0.29) is 5.75 Å². The van der Waals surface area contributed by atoms with Gasteiger partial charge in [0, 0.05) is 34.8 Å². The Bertz CT molecular complexity index is 1100. The molecule has 0 radical (unpaired) electrons. The van der Waals surface area contributed by atoms with Crippen LogP contribution in [-0.4, -0.2) is 25.8 Å². The van der Waals surface area contributed by atoms with Gasteiger partial charge in [-0.25, -0.2) is 8.42 Å². The van der Waals surface area contributed by atoms with Gasteiger partial charge in [0.15, 0.2) is 0 Å². The zero-order valence-electron chi connectivity index (χ0n) is 15.9. The number of ether oxygens (including phenoxy) is 1. The number of hydrogen-bond acceptors (Lipinski definition) is 4. The third kappa shape index (κ3) is 3.33. The van der Waals surface area contributed by atoms with Crippen LogP contribution in [0, 0.1) is 11.3 Å². The Labute approximate surface area is 159 Å². The van der Waals surface area contributed by atoms with E-state index in [1.807, 2.05) is 48.9 Å². The molecule has 2 aromatic rings. The summed E-state index contributed by atoms with van der Waals surface area (Å²) in [5.41, 5.74) is 2.37. The molecule has 0 bridgehead atoms. The molecule has 1 unspecified atom stereocenters. The fourth-order valence-electron chi connectivity index (χ4n) is 3.69. The van der Waals surface area contributed by atoms with Crippen LogP contribution in [0.15, 0.2) is 42.1 Å². The summed E-state index contributed by atoms with van der Waals surface area (Å²) >= 11 is 0. The van der Waals surface area contributed by atoms with Crippen molar-refractivity contribution in [2.75, 3.05) is 12.9 Å². The van der Waals surface area contributed by atoms with E-state index in [1.165, 1.54) is 0 Å². The van der Waals surface area contributed by atoms with Crippen molar-refractivity contribution in [2.45, 2.75) is 25.7 Å². The lowest BCUT2D eigenvalue weighted by Gasteiger charge is -2.30. The molecule has 1 N–H and O–H groups in total. The van der Waals surface area contributed by atoms with E-state index in [2.05, 4.69) is 10.8 Å². The molecular formula is C20H23N3O3S. The van der Waals surface area contributed by atoms with Crippen LogP contribution >= 0.6 is 0 Å². The van der Waals surface area contributed by atoms with Crippen molar-refractivity contribution < 1.29 is 13.2 Å². The molecule has 142 valence electrons. The van der Waals surface area contributed by atoms with Crippen LogP contribution in [0.2, 0.25) is 0 Å². The topological polar surface area (TPSA) is 84.1 Å². The normalized spacial score (nSPS) is 19.6. The number of hydrogen-bond donors (Lipinski definition) is 1. The molecule has 0 saturated heterocycles. The Morgan fingerprint density at radius 1 is 1.41 bits per heavy atom. The van der Waals surface area contributed by atoms with E-state index in [0.717, 1.165) is 16.6 Å². The molecule has 7 heteroatoms. The second kappa shape index (κ2) is 6.78. The van der Waals surface area contributed by atoms with Crippen molar-refractivity contribution in [3.8, 4) is 11.8 Å². The lowest BCUT2D eigenvalue weighted by atomic mass is 9.78. The zero-order chi connectivity index (χ0) is 19.8. The summed E-state index contributed by atoms with van der Waals surface area (Å²) in [4.78, 5) is 0.